The Morgan fingerprint density at radius 3 is 2.63 bits per heavy atom. The molecule has 7 nitrogen and oxygen atoms in total. The van der Waals surface area contributed by atoms with Crippen molar-refractivity contribution in [3.63, 3.8) is 0 Å². The number of anilines is 2. The van der Waals surface area contributed by atoms with Crippen molar-refractivity contribution >= 4 is 33.7 Å². The second kappa shape index (κ2) is 9.00. The van der Waals surface area contributed by atoms with E-state index in [9.17, 15) is 0 Å². The van der Waals surface area contributed by atoms with E-state index >= 15 is 0 Å². The molecule has 0 saturated carbocycles. The fourth-order valence-corrected chi connectivity index (χ4v) is 3.62. The Kier molecular flexibility index (Phi) is 5.99. The monoisotopic (exact) mass is 402 g/mol. The van der Waals surface area contributed by atoms with Crippen molar-refractivity contribution in [1.82, 2.24) is 19.9 Å². The van der Waals surface area contributed by atoms with E-state index in [4.69, 9.17) is 15.5 Å². The first kappa shape index (κ1) is 20.0. The van der Waals surface area contributed by atoms with E-state index in [0.29, 0.717) is 24.7 Å². The molecule has 2 aromatic heterocycles. The van der Waals surface area contributed by atoms with Crippen LogP contribution in [0.25, 0.3) is 21.8 Å². The van der Waals surface area contributed by atoms with Crippen LogP contribution in [0.15, 0.2) is 54.9 Å². The lowest BCUT2D eigenvalue weighted by Gasteiger charge is -2.30. The summed E-state index contributed by atoms with van der Waals surface area (Å²) in [5.41, 5.74) is 7.52. The molecule has 0 fully saturated rings. The summed E-state index contributed by atoms with van der Waals surface area (Å²) in [4.78, 5) is 19.7. The molecule has 4 aromatic rings. The van der Waals surface area contributed by atoms with Crippen molar-refractivity contribution in [2.45, 2.75) is 26.3 Å². The lowest BCUT2D eigenvalue weighted by molar-refractivity contribution is 0.139. The molecule has 2 heterocycles. The summed E-state index contributed by atoms with van der Waals surface area (Å²) in [6, 6.07) is 14.8. The zero-order chi connectivity index (χ0) is 20.9. The molecule has 0 aliphatic carbocycles. The second-order valence-electron chi connectivity index (χ2n) is 7.23. The predicted octanol–water partition coefficient (Wildman–Crippen LogP) is 4.15. The Bertz CT molecular complexity index is 1140. The highest BCUT2D eigenvalue weighted by atomic mass is 16.5. The van der Waals surface area contributed by atoms with Crippen LogP contribution in [0.4, 0.5) is 11.9 Å². The third-order valence-electron chi connectivity index (χ3n) is 5.16. The molecule has 0 aliphatic rings. The Morgan fingerprint density at radius 1 is 0.967 bits per heavy atom. The molecule has 0 amide bonds. The molecule has 0 bridgehead atoms. The Labute approximate surface area is 175 Å². The summed E-state index contributed by atoms with van der Waals surface area (Å²) in [6.45, 7) is 6.27. The molecule has 0 aliphatic heterocycles. The molecule has 0 spiro atoms. The maximum Gasteiger partial charge on any atom is 0.227 e. The SMILES string of the molecule is CCCOCCN(c1ncc2cnc(N)nc2n1)C(C)c1cccc2ccccc12. The molecule has 7 heteroatoms. The van der Waals surface area contributed by atoms with Crippen molar-refractivity contribution in [2.24, 2.45) is 0 Å². The van der Waals surface area contributed by atoms with Gasteiger partial charge in [0.05, 0.1) is 18.0 Å². The Hall–Kier alpha value is -3.32. The van der Waals surface area contributed by atoms with Crippen molar-refractivity contribution in [1.29, 1.82) is 0 Å². The quantitative estimate of drug-likeness (QED) is 0.443. The van der Waals surface area contributed by atoms with E-state index in [2.05, 4.69) is 76.2 Å². The topological polar surface area (TPSA) is 90.0 Å². The number of aromatic nitrogens is 4. The van der Waals surface area contributed by atoms with E-state index in [1.165, 1.54) is 16.3 Å². The van der Waals surface area contributed by atoms with Gasteiger partial charge in [0.15, 0.2) is 5.65 Å². The van der Waals surface area contributed by atoms with E-state index in [-0.39, 0.29) is 12.0 Å². The first-order valence-electron chi connectivity index (χ1n) is 10.2. The normalized spacial score (nSPS) is 12.3. The first-order valence-corrected chi connectivity index (χ1v) is 10.2. The molecular formula is C23H26N6O. The highest BCUT2D eigenvalue weighted by Crippen LogP contribution is 2.30. The number of nitrogens with zero attached hydrogens (tertiary/aromatic N) is 5. The Balaban J connectivity index is 1.73. The van der Waals surface area contributed by atoms with Crippen LogP contribution in [0, 0.1) is 0 Å². The van der Waals surface area contributed by atoms with Gasteiger partial charge in [0, 0.05) is 25.5 Å². The van der Waals surface area contributed by atoms with Crippen molar-refractivity contribution < 1.29 is 4.74 Å². The van der Waals surface area contributed by atoms with Crippen LogP contribution in [0.5, 0.6) is 0 Å². The van der Waals surface area contributed by atoms with Crippen LogP contribution in [0.2, 0.25) is 0 Å². The van der Waals surface area contributed by atoms with Gasteiger partial charge in [0.2, 0.25) is 11.9 Å². The van der Waals surface area contributed by atoms with Gasteiger partial charge < -0.3 is 15.4 Å². The van der Waals surface area contributed by atoms with Gasteiger partial charge in [-0.25, -0.2) is 9.97 Å². The van der Waals surface area contributed by atoms with Gasteiger partial charge in [-0.05, 0) is 29.7 Å². The van der Waals surface area contributed by atoms with Crippen molar-refractivity contribution in [2.75, 3.05) is 30.4 Å². The average molecular weight is 403 g/mol. The second-order valence-corrected chi connectivity index (χ2v) is 7.23. The van der Waals surface area contributed by atoms with Gasteiger partial charge in [-0.1, -0.05) is 49.4 Å². The fourth-order valence-electron chi connectivity index (χ4n) is 3.62. The molecule has 0 saturated heterocycles. The standard InChI is InChI=1S/C23H26N6O/c1-3-12-30-13-11-29(23-26-15-18-14-25-22(24)27-21(18)28-23)16(2)19-10-6-8-17-7-4-5-9-20(17)19/h4-10,14-16H,3,11-13H2,1-2H3,(H2,24,25,26,27,28). The number of hydrogen-bond acceptors (Lipinski definition) is 7. The molecule has 1 atom stereocenters. The van der Waals surface area contributed by atoms with Crippen LogP contribution < -0.4 is 10.6 Å². The summed E-state index contributed by atoms with van der Waals surface area (Å²) >= 11 is 0. The molecule has 30 heavy (non-hydrogen) atoms. The number of fused-ring (bicyclic) bond motifs is 2. The van der Waals surface area contributed by atoms with Gasteiger partial charge in [0.25, 0.3) is 0 Å². The number of rotatable bonds is 8. The zero-order valence-corrected chi connectivity index (χ0v) is 17.3. The number of ether oxygens (including phenoxy) is 1. The minimum atomic E-state index is 0.0398. The summed E-state index contributed by atoms with van der Waals surface area (Å²) in [7, 11) is 0. The highest BCUT2D eigenvalue weighted by molar-refractivity contribution is 5.86. The first-order chi connectivity index (χ1) is 14.7. The van der Waals surface area contributed by atoms with Gasteiger partial charge in [-0.15, -0.1) is 0 Å². The lowest BCUT2D eigenvalue weighted by atomic mass is 9.99. The molecule has 2 N–H and O–H groups in total. The van der Waals surface area contributed by atoms with Crippen molar-refractivity contribution in [3.05, 3.63) is 60.4 Å². The van der Waals surface area contributed by atoms with E-state index in [1.807, 2.05) is 0 Å². The van der Waals surface area contributed by atoms with Gasteiger partial charge in [0.1, 0.15) is 0 Å². The number of hydrogen-bond donors (Lipinski definition) is 1. The van der Waals surface area contributed by atoms with Crippen LogP contribution in [0.1, 0.15) is 31.9 Å². The van der Waals surface area contributed by atoms with Crippen molar-refractivity contribution in [3.8, 4) is 0 Å². The minimum absolute atomic E-state index is 0.0398. The molecule has 2 aromatic carbocycles. The largest absolute Gasteiger partial charge is 0.380 e. The summed E-state index contributed by atoms with van der Waals surface area (Å²) in [5.74, 6) is 0.799. The van der Waals surface area contributed by atoms with Gasteiger partial charge in [-0.2, -0.15) is 9.97 Å². The van der Waals surface area contributed by atoms with Gasteiger partial charge in [-0.3, -0.25) is 0 Å². The molecular weight excluding hydrogens is 376 g/mol. The number of nitrogens with two attached hydrogens (primary N) is 1. The summed E-state index contributed by atoms with van der Waals surface area (Å²) in [5, 5.41) is 3.19. The average Bonchev–Trinajstić information content (AvgIpc) is 2.78. The summed E-state index contributed by atoms with van der Waals surface area (Å²) < 4.78 is 5.77. The zero-order valence-electron chi connectivity index (χ0n) is 17.3. The third-order valence-corrected chi connectivity index (χ3v) is 5.16. The predicted molar refractivity (Wildman–Crippen MR) is 120 cm³/mol. The van der Waals surface area contributed by atoms with Crippen LogP contribution >= 0.6 is 0 Å². The summed E-state index contributed by atoms with van der Waals surface area (Å²) in [6.07, 6.45) is 4.37. The molecule has 154 valence electrons. The van der Waals surface area contributed by atoms with E-state index in [0.717, 1.165) is 18.4 Å². The van der Waals surface area contributed by atoms with Crippen LogP contribution in [-0.4, -0.2) is 39.7 Å². The Morgan fingerprint density at radius 2 is 1.77 bits per heavy atom. The smallest absolute Gasteiger partial charge is 0.227 e. The third kappa shape index (κ3) is 4.16. The fraction of sp³-hybridized carbons (Fsp3) is 0.304. The molecule has 4 rings (SSSR count). The molecule has 0 radical (unpaired) electrons. The number of nitrogen functional groups attached to an aromatic ring is 1. The lowest BCUT2D eigenvalue weighted by Crippen LogP contribution is -2.32. The maximum absolute atomic E-state index is 5.77. The molecule has 1 unspecified atom stereocenters. The number of benzene rings is 2. The van der Waals surface area contributed by atoms with E-state index in [1.54, 1.807) is 12.4 Å². The maximum atomic E-state index is 5.77. The highest BCUT2D eigenvalue weighted by Gasteiger charge is 2.21. The van der Waals surface area contributed by atoms with Crippen LogP contribution in [0.3, 0.4) is 0 Å². The van der Waals surface area contributed by atoms with Crippen LogP contribution in [-0.2, 0) is 4.74 Å². The van der Waals surface area contributed by atoms with Gasteiger partial charge >= 0.3 is 0 Å². The minimum Gasteiger partial charge on any atom is -0.380 e. The van der Waals surface area contributed by atoms with E-state index < -0.39 is 0 Å².